The molecule has 24 heavy (non-hydrogen) atoms. The predicted octanol–water partition coefficient (Wildman–Crippen LogP) is 3.68. The molecule has 0 heterocycles. The third-order valence-corrected chi connectivity index (χ3v) is 4.29. The zero-order chi connectivity index (χ0) is 16.4. The van der Waals surface area contributed by atoms with E-state index in [4.69, 9.17) is 10.5 Å². The van der Waals surface area contributed by atoms with Crippen LogP contribution in [-0.2, 0) is 4.74 Å². The maximum absolute atomic E-state index is 12.0. The van der Waals surface area contributed by atoms with Crippen LogP contribution in [0.3, 0.4) is 0 Å². The quantitative estimate of drug-likeness (QED) is 0.887. The summed E-state index contributed by atoms with van der Waals surface area (Å²) in [7, 11) is 0. The van der Waals surface area contributed by atoms with Gasteiger partial charge in [0, 0.05) is 18.0 Å². The lowest BCUT2D eigenvalue weighted by molar-refractivity contribution is 0.133. The lowest BCUT2D eigenvalue weighted by Crippen LogP contribution is -2.49. The van der Waals surface area contributed by atoms with E-state index in [2.05, 4.69) is 29.6 Å². The molecule has 1 amide bonds. The molecule has 0 aliphatic heterocycles. The predicted molar refractivity (Wildman–Crippen MR) is 98.6 cm³/mol. The third-order valence-electron chi connectivity index (χ3n) is 4.29. The van der Waals surface area contributed by atoms with E-state index in [1.807, 2.05) is 38.1 Å². The van der Waals surface area contributed by atoms with Gasteiger partial charge >= 0.3 is 6.09 Å². The summed E-state index contributed by atoms with van der Waals surface area (Å²) >= 11 is 0. The Kier molecular flexibility index (Phi) is 5.52. The summed E-state index contributed by atoms with van der Waals surface area (Å²) in [6.07, 6.45) is -0.428. The van der Waals surface area contributed by atoms with Crippen molar-refractivity contribution in [2.45, 2.75) is 25.3 Å². The van der Waals surface area contributed by atoms with Crippen LogP contribution in [0.4, 0.5) is 4.79 Å². The molecule has 3 rings (SSSR count). The molecule has 4 nitrogen and oxygen atoms in total. The van der Waals surface area contributed by atoms with Crippen LogP contribution >= 0.6 is 12.4 Å². The van der Waals surface area contributed by atoms with Crippen LogP contribution < -0.4 is 11.1 Å². The van der Waals surface area contributed by atoms with Crippen molar-refractivity contribution in [1.82, 2.24) is 5.32 Å². The second-order valence-corrected chi connectivity index (χ2v) is 6.54. The number of nitrogens with two attached hydrogens (primary N) is 1. The van der Waals surface area contributed by atoms with Crippen molar-refractivity contribution in [2.24, 2.45) is 5.73 Å². The van der Waals surface area contributed by atoms with Crippen molar-refractivity contribution in [3.63, 3.8) is 0 Å². The fraction of sp³-hybridized carbons (Fsp3) is 0.316. The number of rotatable bonds is 4. The Hall–Kier alpha value is -2.04. The Balaban J connectivity index is 0.00000208. The maximum atomic E-state index is 12.0. The number of amides is 1. The van der Waals surface area contributed by atoms with Gasteiger partial charge in [-0.3, -0.25) is 0 Å². The van der Waals surface area contributed by atoms with Gasteiger partial charge in [-0.25, -0.2) is 4.79 Å². The fourth-order valence-electron chi connectivity index (χ4n) is 2.96. The van der Waals surface area contributed by atoms with Crippen molar-refractivity contribution in [3.05, 3.63) is 59.7 Å². The number of carbonyl (C=O) groups is 1. The van der Waals surface area contributed by atoms with E-state index < -0.39 is 11.6 Å². The number of nitrogens with one attached hydrogen (secondary N) is 1. The molecule has 0 radical (unpaired) electrons. The molecule has 2 aromatic rings. The largest absolute Gasteiger partial charge is 0.449 e. The number of hydrogen-bond acceptors (Lipinski definition) is 3. The highest BCUT2D eigenvalue weighted by Gasteiger charge is 2.29. The average Bonchev–Trinajstić information content (AvgIpc) is 2.87. The first-order chi connectivity index (χ1) is 11.0. The summed E-state index contributed by atoms with van der Waals surface area (Å²) in [4.78, 5) is 12.0. The van der Waals surface area contributed by atoms with Crippen molar-refractivity contribution in [3.8, 4) is 11.1 Å². The first-order valence-corrected chi connectivity index (χ1v) is 7.85. The number of benzene rings is 2. The number of fused-ring (bicyclic) bond motifs is 3. The molecular weight excluding hydrogens is 324 g/mol. The molecule has 5 heteroatoms. The highest BCUT2D eigenvalue weighted by atomic mass is 35.5. The molecule has 0 unspecified atom stereocenters. The lowest BCUT2D eigenvalue weighted by Gasteiger charge is -2.24. The molecule has 0 spiro atoms. The molecular formula is C19H23ClN2O2. The van der Waals surface area contributed by atoms with Crippen LogP contribution in [0.2, 0.25) is 0 Å². The smallest absolute Gasteiger partial charge is 0.407 e. The summed E-state index contributed by atoms with van der Waals surface area (Å²) in [5.41, 5.74) is 10.0. The van der Waals surface area contributed by atoms with Gasteiger partial charge in [0.25, 0.3) is 0 Å². The molecule has 3 N–H and O–H groups in total. The van der Waals surface area contributed by atoms with Crippen LogP contribution in [0.5, 0.6) is 0 Å². The van der Waals surface area contributed by atoms with Crippen LogP contribution in [0, 0.1) is 0 Å². The molecule has 0 aromatic heterocycles. The summed E-state index contributed by atoms with van der Waals surface area (Å²) in [5.74, 6) is 0.0779. The molecule has 1 aliphatic carbocycles. The van der Waals surface area contributed by atoms with E-state index in [0.29, 0.717) is 13.2 Å². The molecule has 0 atom stereocenters. The van der Waals surface area contributed by atoms with Gasteiger partial charge in [0.1, 0.15) is 6.61 Å². The Morgan fingerprint density at radius 3 is 2.08 bits per heavy atom. The number of ether oxygens (including phenoxy) is 1. The average molecular weight is 347 g/mol. The van der Waals surface area contributed by atoms with Gasteiger partial charge in [0.2, 0.25) is 0 Å². The van der Waals surface area contributed by atoms with E-state index in [-0.39, 0.29) is 18.3 Å². The van der Waals surface area contributed by atoms with Crippen LogP contribution in [-0.4, -0.2) is 24.8 Å². The Morgan fingerprint density at radius 1 is 1.08 bits per heavy atom. The normalized spacial score (nSPS) is 12.8. The summed E-state index contributed by atoms with van der Waals surface area (Å²) in [6, 6.07) is 16.6. The van der Waals surface area contributed by atoms with Gasteiger partial charge in [-0.2, -0.15) is 0 Å². The zero-order valence-electron chi connectivity index (χ0n) is 13.9. The molecule has 128 valence electrons. The first kappa shape index (κ1) is 18.3. The molecule has 0 bridgehead atoms. The Labute approximate surface area is 148 Å². The third kappa shape index (κ3) is 3.55. The number of halogens is 1. The second-order valence-electron chi connectivity index (χ2n) is 6.54. The molecule has 0 saturated carbocycles. The van der Waals surface area contributed by atoms with Gasteiger partial charge in [-0.1, -0.05) is 48.5 Å². The van der Waals surface area contributed by atoms with E-state index >= 15 is 0 Å². The molecule has 1 aliphatic rings. The van der Waals surface area contributed by atoms with Crippen molar-refractivity contribution in [2.75, 3.05) is 13.2 Å². The molecule has 0 saturated heterocycles. The minimum atomic E-state index is -0.470. The monoisotopic (exact) mass is 346 g/mol. The molecule has 2 aromatic carbocycles. The van der Waals surface area contributed by atoms with Crippen LogP contribution in [0.1, 0.15) is 30.9 Å². The van der Waals surface area contributed by atoms with E-state index in [0.717, 1.165) is 0 Å². The topological polar surface area (TPSA) is 64.3 Å². The number of alkyl carbamates (subject to hydrolysis) is 1. The standard InChI is InChI=1S/C19H22N2O2.ClH/c1-19(2,12-20)21-18(22)23-11-17-15-9-5-3-7-13(15)14-8-4-6-10-16(14)17;/h3-10,17H,11-12,20H2,1-2H3,(H,21,22);1H. The van der Waals surface area contributed by atoms with Crippen LogP contribution in [0.15, 0.2) is 48.5 Å². The molecule has 0 fully saturated rings. The van der Waals surface area contributed by atoms with E-state index in [9.17, 15) is 4.79 Å². The Bertz CT molecular complexity index is 685. The number of carbonyl (C=O) groups excluding carboxylic acids is 1. The maximum Gasteiger partial charge on any atom is 0.407 e. The van der Waals surface area contributed by atoms with Crippen molar-refractivity contribution in [1.29, 1.82) is 0 Å². The minimum Gasteiger partial charge on any atom is -0.449 e. The lowest BCUT2D eigenvalue weighted by atomic mass is 9.98. The SMILES string of the molecule is CC(C)(CN)NC(=O)OCC1c2ccccc2-c2ccccc21.Cl. The van der Waals surface area contributed by atoms with E-state index in [1.54, 1.807) is 0 Å². The van der Waals surface area contributed by atoms with Crippen LogP contribution in [0.25, 0.3) is 11.1 Å². The highest BCUT2D eigenvalue weighted by Crippen LogP contribution is 2.44. The van der Waals surface area contributed by atoms with Gasteiger partial charge in [-0.05, 0) is 36.1 Å². The van der Waals surface area contributed by atoms with Crippen molar-refractivity contribution < 1.29 is 9.53 Å². The van der Waals surface area contributed by atoms with Gasteiger partial charge in [-0.15, -0.1) is 12.4 Å². The number of hydrogen-bond donors (Lipinski definition) is 2. The summed E-state index contributed by atoms with van der Waals surface area (Å²) in [5, 5.41) is 2.79. The fourth-order valence-corrected chi connectivity index (χ4v) is 2.96. The summed E-state index contributed by atoms with van der Waals surface area (Å²) in [6.45, 7) is 4.42. The van der Waals surface area contributed by atoms with Gasteiger partial charge in [0.05, 0.1) is 0 Å². The minimum absolute atomic E-state index is 0. The second kappa shape index (κ2) is 7.24. The van der Waals surface area contributed by atoms with E-state index in [1.165, 1.54) is 22.3 Å². The first-order valence-electron chi connectivity index (χ1n) is 7.85. The van der Waals surface area contributed by atoms with Gasteiger partial charge in [0.15, 0.2) is 0 Å². The highest BCUT2D eigenvalue weighted by molar-refractivity contribution is 5.85. The Morgan fingerprint density at radius 2 is 1.58 bits per heavy atom. The zero-order valence-corrected chi connectivity index (χ0v) is 14.7. The van der Waals surface area contributed by atoms with Gasteiger partial charge < -0.3 is 15.8 Å². The summed E-state index contributed by atoms with van der Waals surface area (Å²) < 4.78 is 5.47. The van der Waals surface area contributed by atoms with Crippen molar-refractivity contribution >= 4 is 18.5 Å².